The molecule has 1 aliphatic heterocycles. The summed E-state index contributed by atoms with van der Waals surface area (Å²) in [5.41, 5.74) is 5.06. The van der Waals surface area contributed by atoms with Gasteiger partial charge in [-0.25, -0.2) is 0 Å². The van der Waals surface area contributed by atoms with Crippen molar-refractivity contribution in [3.63, 3.8) is 0 Å². The summed E-state index contributed by atoms with van der Waals surface area (Å²) in [7, 11) is 3.57. The maximum absolute atomic E-state index is 11.6. The monoisotopic (exact) mass is 272 g/mol. The van der Waals surface area contributed by atoms with Crippen LogP contribution in [-0.2, 0) is 35.6 Å². The second kappa shape index (κ2) is 4.94. The van der Waals surface area contributed by atoms with E-state index in [0.29, 0.717) is 6.42 Å². The second-order valence-electron chi connectivity index (χ2n) is 5.50. The Morgan fingerprint density at radius 1 is 1.30 bits per heavy atom. The molecule has 0 aliphatic carbocycles. The molecule has 20 heavy (non-hydrogen) atoms. The van der Waals surface area contributed by atoms with Crippen LogP contribution in [0.4, 0.5) is 0 Å². The van der Waals surface area contributed by atoms with E-state index in [-0.39, 0.29) is 5.97 Å². The minimum absolute atomic E-state index is 0.183. The first-order valence-corrected chi connectivity index (χ1v) is 7.01. The van der Waals surface area contributed by atoms with E-state index in [1.807, 2.05) is 0 Å². The second-order valence-corrected chi connectivity index (χ2v) is 5.50. The summed E-state index contributed by atoms with van der Waals surface area (Å²) in [4.78, 5) is 13.9. The van der Waals surface area contributed by atoms with Crippen LogP contribution in [0.25, 0.3) is 10.9 Å². The number of aryl methyl sites for hydroxylation is 1. The lowest BCUT2D eigenvalue weighted by atomic mass is 10.0. The predicted molar refractivity (Wildman–Crippen MR) is 78.5 cm³/mol. The molecule has 0 saturated carbocycles. The number of esters is 1. The lowest BCUT2D eigenvalue weighted by molar-refractivity contribution is -0.139. The molecule has 0 atom stereocenters. The summed E-state index contributed by atoms with van der Waals surface area (Å²) in [6.07, 6.45) is 2.43. The first-order valence-electron chi connectivity index (χ1n) is 7.01. The number of aromatic nitrogens is 1. The highest BCUT2D eigenvalue weighted by Gasteiger charge is 2.19. The van der Waals surface area contributed by atoms with Crippen molar-refractivity contribution in [1.82, 2.24) is 9.47 Å². The fourth-order valence-corrected chi connectivity index (χ4v) is 3.06. The molecule has 4 heteroatoms. The predicted octanol–water partition coefficient (Wildman–Crippen LogP) is 2.32. The van der Waals surface area contributed by atoms with Gasteiger partial charge in [-0.2, -0.15) is 0 Å². The normalized spacial score (nSPS) is 14.8. The van der Waals surface area contributed by atoms with Crippen LogP contribution in [0.2, 0.25) is 0 Å². The maximum Gasteiger partial charge on any atom is 0.310 e. The van der Waals surface area contributed by atoms with E-state index in [0.717, 1.165) is 25.2 Å². The average molecular weight is 272 g/mol. The Bertz CT molecular complexity index is 673. The molecule has 0 N–H and O–H groups in total. The van der Waals surface area contributed by atoms with Gasteiger partial charge in [0.05, 0.1) is 13.5 Å². The van der Waals surface area contributed by atoms with Crippen molar-refractivity contribution in [2.75, 3.05) is 14.2 Å². The van der Waals surface area contributed by atoms with Gasteiger partial charge in [-0.1, -0.05) is 0 Å². The first-order chi connectivity index (χ1) is 9.62. The number of methoxy groups -OCH3 is 1. The zero-order valence-electron chi connectivity index (χ0n) is 12.3. The molecule has 1 aliphatic rings. The van der Waals surface area contributed by atoms with Gasteiger partial charge in [0, 0.05) is 36.7 Å². The van der Waals surface area contributed by atoms with Crippen molar-refractivity contribution >= 4 is 16.9 Å². The molecule has 0 spiro atoms. The first kappa shape index (κ1) is 13.2. The molecule has 0 radical (unpaired) electrons. The molecule has 4 nitrogen and oxygen atoms in total. The lowest BCUT2D eigenvalue weighted by Crippen LogP contribution is -2.07. The van der Waals surface area contributed by atoms with Crippen molar-refractivity contribution in [2.24, 2.45) is 0 Å². The van der Waals surface area contributed by atoms with Gasteiger partial charge < -0.3 is 9.30 Å². The van der Waals surface area contributed by atoms with E-state index >= 15 is 0 Å². The number of hydrogen-bond donors (Lipinski definition) is 0. The van der Waals surface area contributed by atoms with Gasteiger partial charge >= 0.3 is 5.97 Å². The van der Waals surface area contributed by atoms with E-state index in [9.17, 15) is 4.79 Å². The van der Waals surface area contributed by atoms with Crippen LogP contribution in [0.5, 0.6) is 0 Å². The largest absolute Gasteiger partial charge is 0.469 e. The number of nitrogens with zero attached hydrogens (tertiary/aromatic N) is 2. The van der Waals surface area contributed by atoms with Crippen molar-refractivity contribution in [3.8, 4) is 0 Å². The molecule has 2 aromatic rings. The standard InChI is InChI=1S/C16H20N2O2/c1-4-18-10-13(7-16(19)20-3)14-5-11-8-17(2)9-12(11)6-15(14)18/h5-6,10H,4,7-9H2,1-3H3. The zero-order valence-corrected chi connectivity index (χ0v) is 12.3. The summed E-state index contributed by atoms with van der Waals surface area (Å²) in [6, 6.07) is 4.52. The molecule has 0 fully saturated rings. The van der Waals surface area contributed by atoms with Crippen molar-refractivity contribution < 1.29 is 9.53 Å². The molecule has 0 bridgehead atoms. The topological polar surface area (TPSA) is 34.5 Å². The number of benzene rings is 1. The van der Waals surface area contributed by atoms with Gasteiger partial charge in [0.2, 0.25) is 0 Å². The van der Waals surface area contributed by atoms with Crippen molar-refractivity contribution in [3.05, 3.63) is 35.0 Å². The molecule has 1 aromatic heterocycles. The molecule has 0 saturated heterocycles. The van der Waals surface area contributed by atoms with Crippen LogP contribution in [0, 0.1) is 0 Å². The van der Waals surface area contributed by atoms with Crippen LogP contribution in [-0.4, -0.2) is 29.6 Å². The Kier molecular flexibility index (Phi) is 3.26. The average Bonchev–Trinajstić information content (AvgIpc) is 2.95. The van der Waals surface area contributed by atoms with Gasteiger partial charge in [-0.3, -0.25) is 9.69 Å². The maximum atomic E-state index is 11.6. The van der Waals surface area contributed by atoms with Gasteiger partial charge in [0.25, 0.3) is 0 Å². The summed E-state index contributed by atoms with van der Waals surface area (Å²) in [6.45, 7) is 5.03. The van der Waals surface area contributed by atoms with E-state index in [1.165, 1.54) is 29.1 Å². The van der Waals surface area contributed by atoms with E-state index < -0.39 is 0 Å². The minimum Gasteiger partial charge on any atom is -0.469 e. The van der Waals surface area contributed by atoms with Gasteiger partial charge in [-0.15, -0.1) is 0 Å². The number of carbonyl (C=O) groups excluding carboxylic acids is 1. The Balaban J connectivity index is 2.12. The van der Waals surface area contributed by atoms with Crippen LogP contribution < -0.4 is 0 Å². The molecular formula is C16H20N2O2. The van der Waals surface area contributed by atoms with Gasteiger partial charge in [0.15, 0.2) is 0 Å². The van der Waals surface area contributed by atoms with Crippen LogP contribution in [0.15, 0.2) is 18.3 Å². The highest BCUT2D eigenvalue weighted by molar-refractivity contribution is 5.89. The smallest absolute Gasteiger partial charge is 0.310 e. The quantitative estimate of drug-likeness (QED) is 0.804. The molecule has 1 aromatic carbocycles. The minimum atomic E-state index is -0.183. The number of carbonyl (C=O) groups is 1. The Morgan fingerprint density at radius 3 is 2.65 bits per heavy atom. The Labute approximate surface area is 118 Å². The third kappa shape index (κ3) is 2.10. The fourth-order valence-electron chi connectivity index (χ4n) is 3.06. The lowest BCUT2D eigenvalue weighted by Gasteiger charge is -2.03. The number of rotatable bonds is 3. The zero-order chi connectivity index (χ0) is 14.3. The molecule has 2 heterocycles. The molecule has 106 valence electrons. The highest BCUT2D eigenvalue weighted by Crippen LogP contribution is 2.30. The van der Waals surface area contributed by atoms with Crippen LogP contribution >= 0.6 is 0 Å². The Hall–Kier alpha value is -1.81. The number of fused-ring (bicyclic) bond motifs is 2. The fraction of sp³-hybridized carbons (Fsp3) is 0.438. The van der Waals surface area contributed by atoms with E-state index in [2.05, 4.69) is 41.8 Å². The van der Waals surface area contributed by atoms with Crippen molar-refractivity contribution in [1.29, 1.82) is 0 Å². The van der Waals surface area contributed by atoms with E-state index in [1.54, 1.807) is 0 Å². The summed E-state index contributed by atoms with van der Waals surface area (Å²) < 4.78 is 7.01. The highest BCUT2D eigenvalue weighted by atomic mass is 16.5. The summed E-state index contributed by atoms with van der Waals surface area (Å²) in [5.74, 6) is -0.183. The van der Waals surface area contributed by atoms with E-state index in [4.69, 9.17) is 4.74 Å². The van der Waals surface area contributed by atoms with Crippen molar-refractivity contribution in [2.45, 2.75) is 33.0 Å². The van der Waals surface area contributed by atoms with Gasteiger partial charge in [0.1, 0.15) is 0 Å². The summed E-state index contributed by atoms with van der Waals surface area (Å²) >= 11 is 0. The molecular weight excluding hydrogens is 252 g/mol. The molecule has 3 rings (SSSR count). The Morgan fingerprint density at radius 2 is 2.00 bits per heavy atom. The van der Waals surface area contributed by atoms with Crippen LogP contribution in [0.1, 0.15) is 23.6 Å². The SMILES string of the molecule is CCn1cc(CC(=O)OC)c2cc3c(cc21)CN(C)C3. The molecule has 0 amide bonds. The molecule has 0 unspecified atom stereocenters. The number of ether oxygens (including phenoxy) is 1. The number of hydrogen-bond acceptors (Lipinski definition) is 3. The van der Waals surface area contributed by atoms with Crippen LogP contribution in [0.3, 0.4) is 0 Å². The van der Waals surface area contributed by atoms with Gasteiger partial charge in [-0.05, 0) is 42.8 Å². The summed E-state index contributed by atoms with van der Waals surface area (Å²) in [5, 5.41) is 1.19. The third-order valence-corrected chi connectivity index (χ3v) is 4.07. The third-order valence-electron chi connectivity index (χ3n) is 4.07.